The molecule has 132 valence electrons. The van der Waals surface area contributed by atoms with Gasteiger partial charge in [-0.3, -0.25) is 19.8 Å². The largest absolute Gasteiger partial charge is 0.322 e. The second-order valence-electron chi connectivity index (χ2n) is 5.26. The molecule has 0 saturated carbocycles. The summed E-state index contributed by atoms with van der Waals surface area (Å²) < 4.78 is 27.8. The third-order valence-corrected chi connectivity index (χ3v) is 3.42. The zero-order valence-electron chi connectivity index (χ0n) is 12.5. The van der Waals surface area contributed by atoms with Crippen LogP contribution in [0.15, 0.2) is 36.9 Å². The zero-order chi connectivity index (χ0) is 15.6. The summed E-state index contributed by atoms with van der Waals surface area (Å²) in [4.78, 5) is 15.9. The lowest BCUT2D eigenvalue weighted by molar-refractivity contribution is -0.118. The van der Waals surface area contributed by atoms with E-state index < -0.39 is 30.8 Å². The number of anilines is 1. The van der Waals surface area contributed by atoms with E-state index in [9.17, 15) is 13.6 Å². The minimum atomic E-state index is -2.83. The Hall–Kier alpha value is -1.77. The van der Waals surface area contributed by atoms with Crippen LogP contribution < -0.4 is 10.6 Å². The molecule has 24 heavy (non-hydrogen) atoms. The Kier molecular flexibility index (Phi) is 7.07. The minimum Gasteiger partial charge on any atom is -0.322 e. The molecule has 2 N–H and O–H groups in total. The number of nitrogens with one attached hydrogen (secondary N) is 2. The Morgan fingerprint density at radius 2 is 2.08 bits per heavy atom. The van der Waals surface area contributed by atoms with Crippen molar-refractivity contribution in [1.82, 2.24) is 20.1 Å². The second-order valence-corrected chi connectivity index (χ2v) is 5.26. The summed E-state index contributed by atoms with van der Waals surface area (Å²) in [5, 5.41) is 9.25. The van der Waals surface area contributed by atoms with E-state index in [1.54, 1.807) is 23.3 Å². The fourth-order valence-electron chi connectivity index (χ4n) is 2.32. The number of carbonyl (C=O) groups excluding carboxylic acids is 1. The van der Waals surface area contributed by atoms with Crippen LogP contribution in [-0.2, 0) is 11.3 Å². The molecule has 1 atom stereocenters. The van der Waals surface area contributed by atoms with E-state index >= 15 is 0 Å². The molecular formula is C14H17Cl2F2N5O. The Labute approximate surface area is 149 Å². The van der Waals surface area contributed by atoms with E-state index in [-0.39, 0.29) is 24.8 Å². The lowest BCUT2D eigenvalue weighted by Crippen LogP contribution is -2.35. The van der Waals surface area contributed by atoms with Gasteiger partial charge in [0.15, 0.2) is 0 Å². The van der Waals surface area contributed by atoms with Crippen molar-refractivity contribution in [2.45, 2.75) is 24.9 Å². The predicted molar refractivity (Wildman–Crippen MR) is 90.0 cm³/mol. The molecule has 1 aliphatic heterocycles. The van der Waals surface area contributed by atoms with Gasteiger partial charge >= 0.3 is 0 Å². The molecule has 0 aromatic carbocycles. The first-order valence-corrected chi connectivity index (χ1v) is 6.85. The normalized spacial score (nSPS) is 18.3. The van der Waals surface area contributed by atoms with Gasteiger partial charge in [0.25, 0.3) is 5.92 Å². The number of hydrogen-bond acceptors (Lipinski definition) is 4. The predicted octanol–water partition coefficient (Wildman–Crippen LogP) is 2.11. The van der Waals surface area contributed by atoms with E-state index in [0.717, 1.165) is 5.56 Å². The molecule has 1 fully saturated rings. The van der Waals surface area contributed by atoms with Crippen LogP contribution in [0, 0.1) is 0 Å². The summed E-state index contributed by atoms with van der Waals surface area (Å²) in [6.45, 7) is 0.0739. The van der Waals surface area contributed by atoms with Gasteiger partial charge in [-0.15, -0.1) is 24.8 Å². The summed E-state index contributed by atoms with van der Waals surface area (Å²) in [6, 6.07) is 2.85. The van der Waals surface area contributed by atoms with Crippen molar-refractivity contribution in [2.75, 3.05) is 11.9 Å². The highest BCUT2D eigenvalue weighted by atomic mass is 35.5. The number of aromatic nitrogens is 3. The average molecular weight is 380 g/mol. The van der Waals surface area contributed by atoms with Gasteiger partial charge in [0.1, 0.15) is 0 Å². The van der Waals surface area contributed by atoms with Crippen LogP contribution in [0.3, 0.4) is 0 Å². The highest BCUT2D eigenvalue weighted by Crippen LogP contribution is 2.25. The van der Waals surface area contributed by atoms with Gasteiger partial charge in [-0.05, 0) is 17.7 Å². The highest BCUT2D eigenvalue weighted by Gasteiger charge is 2.42. The highest BCUT2D eigenvalue weighted by molar-refractivity contribution is 5.94. The maximum atomic E-state index is 13.1. The molecule has 1 unspecified atom stereocenters. The summed E-state index contributed by atoms with van der Waals surface area (Å²) >= 11 is 0. The fraction of sp³-hybridized carbons (Fsp3) is 0.357. The minimum absolute atomic E-state index is 0. The van der Waals surface area contributed by atoms with Crippen molar-refractivity contribution in [2.24, 2.45) is 0 Å². The molecule has 3 heterocycles. The second kappa shape index (κ2) is 8.36. The molecule has 0 radical (unpaired) electrons. The van der Waals surface area contributed by atoms with Gasteiger partial charge in [-0.25, -0.2) is 8.78 Å². The number of alkyl halides is 2. The third kappa shape index (κ3) is 5.12. The van der Waals surface area contributed by atoms with Crippen LogP contribution in [0.1, 0.15) is 12.0 Å². The van der Waals surface area contributed by atoms with E-state index in [1.807, 2.05) is 12.1 Å². The Bertz CT molecular complexity index is 668. The number of carbonyl (C=O) groups is 1. The van der Waals surface area contributed by atoms with Crippen molar-refractivity contribution in [3.8, 4) is 0 Å². The summed E-state index contributed by atoms with van der Waals surface area (Å²) in [6.07, 6.45) is 6.04. The lowest BCUT2D eigenvalue weighted by Gasteiger charge is -2.09. The van der Waals surface area contributed by atoms with Crippen LogP contribution in [0.5, 0.6) is 0 Å². The number of hydrogen-bond donors (Lipinski definition) is 2. The molecule has 0 bridgehead atoms. The van der Waals surface area contributed by atoms with Crippen LogP contribution in [0.4, 0.5) is 14.5 Å². The standard InChI is InChI=1S/C14H15F2N5O.2ClH/c15-14(16)5-12(18-9-14)13(22)20-11-6-19-21(8-11)7-10-1-3-17-4-2-10;;/h1-4,6,8,12,18H,5,7,9H2,(H,20,22);2*1H. The lowest BCUT2D eigenvalue weighted by atomic mass is 10.2. The Balaban J connectivity index is 0.00000144. The van der Waals surface area contributed by atoms with E-state index in [4.69, 9.17) is 0 Å². The molecule has 1 saturated heterocycles. The van der Waals surface area contributed by atoms with E-state index in [0.29, 0.717) is 12.2 Å². The topological polar surface area (TPSA) is 71.8 Å². The molecule has 2 aromatic heterocycles. The first kappa shape index (κ1) is 20.3. The van der Waals surface area contributed by atoms with Gasteiger partial charge in [0, 0.05) is 25.0 Å². The quantitative estimate of drug-likeness (QED) is 0.853. The van der Waals surface area contributed by atoms with Crippen molar-refractivity contribution < 1.29 is 13.6 Å². The summed E-state index contributed by atoms with van der Waals surface area (Å²) in [7, 11) is 0. The molecule has 6 nitrogen and oxygen atoms in total. The average Bonchev–Trinajstić information content (AvgIpc) is 3.06. The zero-order valence-corrected chi connectivity index (χ0v) is 14.1. The first-order chi connectivity index (χ1) is 10.5. The Morgan fingerprint density at radius 3 is 2.71 bits per heavy atom. The van der Waals surface area contributed by atoms with Crippen molar-refractivity contribution in [3.63, 3.8) is 0 Å². The van der Waals surface area contributed by atoms with Gasteiger partial charge in [-0.1, -0.05) is 0 Å². The molecule has 2 aromatic rings. The molecule has 0 spiro atoms. The number of pyridine rings is 1. The maximum absolute atomic E-state index is 13.1. The van der Waals surface area contributed by atoms with Gasteiger partial charge in [-0.2, -0.15) is 5.10 Å². The summed E-state index contributed by atoms with van der Waals surface area (Å²) in [5.41, 5.74) is 1.50. The third-order valence-electron chi connectivity index (χ3n) is 3.42. The van der Waals surface area contributed by atoms with Gasteiger partial charge in [0.05, 0.1) is 31.0 Å². The van der Waals surface area contributed by atoms with Crippen LogP contribution in [-0.4, -0.2) is 39.2 Å². The smallest absolute Gasteiger partial charge is 0.262 e. The number of nitrogens with zero attached hydrogens (tertiary/aromatic N) is 3. The van der Waals surface area contributed by atoms with Gasteiger partial charge in [0.2, 0.25) is 5.91 Å². The van der Waals surface area contributed by atoms with Crippen LogP contribution in [0.25, 0.3) is 0 Å². The molecular weight excluding hydrogens is 363 g/mol. The molecule has 10 heteroatoms. The number of halogens is 4. The number of rotatable bonds is 4. The molecule has 1 aliphatic rings. The molecule has 3 rings (SSSR count). The van der Waals surface area contributed by atoms with Gasteiger partial charge < -0.3 is 5.32 Å². The van der Waals surface area contributed by atoms with Crippen molar-refractivity contribution in [3.05, 3.63) is 42.5 Å². The fourth-order valence-corrected chi connectivity index (χ4v) is 2.32. The first-order valence-electron chi connectivity index (χ1n) is 6.85. The van der Waals surface area contributed by atoms with E-state index in [1.165, 1.54) is 6.20 Å². The van der Waals surface area contributed by atoms with Crippen molar-refractivity contribution >= 4 is 36.4 Å². The summed E-state index contributed by atoms with van der Waals surface area (Å²) in [5.74, 6) is -3.30. The van der Waals surface area contributed by atoms with E-state index in [2.05, 4.69) is 20.7 Å². The SMILES string of the molecule is Cl.Cl.O=C(Nc1cnn(Cc2ccncc2)c1)C1CC(F)(F)CN1. The van der Waals surface area contributed by atoms with Crippen molar-refractivity contribution in [1.29, 1.82) is 0 Å². The monoisotopic (exact) mass is 379 g/mol. The molecule has 0 aliphatic carbocycles. The molecule has 1 amide bonds. The Morgan fingerprint density at radius 1 is 1.38 bits per heavy atom. The maximum Gasteiger partial charge on any atom is 0.262 e. The van der Waals surface area contributed by atoms with Crippen LogP contribution >= 0.6 is 24.8 Å². The number of amides is 1. The van der Waals surface area contributed by atoms with Crippen LogP contribution in [0.2, 0.25) is 0 Å².